The molecule has 3 aromatic rings. The number of ketones is 1. The molecule has 1 amide bonds. The SMILES string of the molecule is CCCCCC(=O)N1c2ccccc2NC2=C(C(=O)C[C@@H](c3ccc(OC)cc3)C2)[C@H]1c1ccc(OC)cc1. The van der Waals surface area contributed by atoms with Crippen LogP contribution in [0.4, 0.5) is 11.4 Å². The Morgan fingerprint density at radius 1 is 0.872 bits per heavy atom. The fourth-order valence-electron chi connectivity index (χ4n) is 5.73. The van der Waals surface area contributed by atoms with Gasteiger partial charge in [-0.25, -0.2) is 0 Å². The van der Waals surface area contributed by atoms with Crippen molar-refractivity contribution in [2.45, 2.75) is 57.4 Å². The third kappa shape index (κ3) is 5.42. The molecule has 2 atom stereocenters. The first-order valence-electron chi connectivity index (χ1n) is 13.8. The van der Waals surface area contributed by atoms with Gasteiger partial charge in [-0.15, -0.1) is 0 Å². The van der Waals surface area contributed by atoms with E-state index in [0.29, 0.717) is 24.8 Å². The summed E-state index contributed by atoms with van der Waals surface area (Å²) in [5, 5.41) is 3.60. The lowest BCUT2D eigenvalue weighted by atomic mass is 9.78. The molecule has 5 rings (SSSR count). The smallest absolute Gasteiger partial charge is 0.227 e. The van der Waals surface area contributed by atoms with E-state index in [1.165, 1.54) is 0 Å². The molecule has 1 heterocycles. The number of rotatable bonds is 8. The van der Waals surface area contributed by atoms with Crippen LogP contribution >= 0.6 is 0 Å². The van der Waals surface area contributed by atoms with Gasteiger partial charge >= 0.3 is 0 Å². The molecule has 1 aliphatic heterocycles. The Bertz CT molecular complexity index is 1360. The molecule has 0 radical (unpaired) electrons. The molecule has 0 spiro atoms. The van der Waals surface area contributed by atoms with E-state index in [1.54, 1.807) is 14.2 Å². The molecule has 3 aromatic carbocycles. The van der Waals surface area contributed by atoms with E-state index in [4.69, 9.17) is 9.47 Å². The largest absolute Gasteiger partial charge is 0.497 e. The van der Waals surface area contributed by atoms with Crippen LogP contribution in [0.15, 0.2) is 84.1 Å². The number of nitrogens with one attached hydrogen (secondary N) is 1. The molecule has 0 unspecified atom stereocenters. The van der Waals surface area contributed by atoms with Crippen LogP contribution in [0.3, 0.4) is 0 Å². The van der Waals surface area contributed by atoms with Crippen LogP contribution in [0.2, 0.25) is 0 Å². The van der Waals surface area contributed by atoms with Crippen LogP contribution in [0.5, 0.6) is 11.5 Å². The second kappa shape index (κ2) is 11.8. The van der Waals surface area contributed by atoms with E-state index in [1.807, 2.05) is 77.7 Å². The number of anilines is 2. The molecule has 6 heteroatoms. The number of unbranched alkanes of at least 4 members (excludes halogenated alkanes) is 2. The van der Waals surface area contributed by atoms with Gasteiger partial charge in [0.1, 0.15) is 11.5 Å². The number of benzene rings is 3. The Morgan fingerprint density at radius 2 is 1.51 bits per heavy atom. The third-order valence-corrected chi connectivity index (χ3v) is 7.77. The number of amides is 1. The van der Waals surface area contributed by atoms with Crippen molar-refractivity contribution in [1.29, 1.82) is 0 Å². The van der Waals surface area contributed by atoms with E-state index in [0.717, 1.165) is 59.0 Å². The highest BCUT2D eigenvalue weighted by Gasteiger charge is 2.41. The van der Waals surface area contributed by atoms with Crippen molar-refractivity contribution in [2.75, 3.05) is 24.4 Å². The van der Waals surface area contributed by atoms with Crippen molar-refractivity contribution in [3.63, 3.8) is 0 Å². The second-order valence-corrected chi connectivity index (χ2v) is 10.2. The minimum absolute atomic E-state index is 0.0253. The minimum Gasteiger partial charge on any atom is -0.497 e. The molecule has 0 aromatic heterocycles. The quantitative estimate of drug-likeness (QED) is 0.316. The Labute approximate surface area is 230 Å². The maximum atomic E-state index is 14.1. The molecule has 0 fully saturated rings. The number of carbonyl (C=O) groups excluding carboxylic acids is 2. The van der Waals surface area contributed by atoms with E-state index in [9.17, 15) is 9.59 Å². The van der Waals surface area contributed by atoms with Crippen LogP contribution in [0.25, 0.3) is 0 Å². The van der Waals surface area contributed by atoms with Crippen LogP contribution in [-0.4, -0.2) is 25.9 Å². The fourth-order valence-corrected chi connectivity index (χ4v) is 5.73. The number of Topliss-reactive ketones (excluding diaryl/α,β-unsaturated/α-hetero) is 1. The number of carbonyl (C=O) groups is 2. The molecular formula is C33H36N2O4. The van der Waals surface area contributed by atoms with Crippen LogP contribution in [0.1, 0.15) is 68.5 Å². The number of hydrogen-bond donors (Lipinski definition) is 1. The van der Waals surface area contributed by atoms with Crippen molar-refractivity contribution in [3.05, 3.63) is 95.2 Å². The number of allylic oxidation sites excluding steroid dienone is 1. The summed E-state index contributed by atoms with van der Waals surface area (Å²) in [5.41, 5.74) is 5.18. The Kier molecular flexibility index (Phi) is 8.01. The van der Waals surface area contributed by atoms with Crippen LogP contribution in [-0.2, 0) is 9.59 Å². The predicted molar refractivity (Wildman–Crippen MR) is 154 cm³/mol. The molecule has 202 valence electrons. The summed E-state index contributed by atoms with van der Waals surface area (Å²) in [6.45, 7) is 2.13. The summed E-state index contributed by atoms with van der Waals surface area (Å²) in [6, 6.07) is 23.0. The van der Waals surface area contributed by atoms with E-state index in [2.05, 4.69) is 12.2 Å². The zero-order valence-corrected chi connectivity index (χ0v) is 22.9. The molecular weight excluding hydrogens is 488 g/mol. The minimum atomic E-state index is -0.527. The average molecular weight is 525 g/mol. The summed E-state index contributed by atoms with van der Waals surface area (Å²) >= 11 is 0. The standard InChI is InChI=1S/C33H36N2O4/c1-4-5-6-11-31(37)35-29-10-8-7-9-27(29)34-28-20-24(22-12-16-25(38-2)17-13-22)21-30(36)32(28)33(35)23-14-18-26(39-3)19-15-23/h7-10,12-19,24,33-34H,4-6,11,20-21H2,1-3H3/t24-,33+/m0/s1. The van der Waals surface area contributed by atoms with Gasteiger partial charge in [0.15, 0.2) is 5.78 Å². The van der Waals surface area contributed by atoms with Crippen molar-refractivity contribution in [1.82, 2.24) is 0 Å². The zero-order chi connectivity index (χ0) is 27.4. The molecule has 1 aliphatic carbocycles. The second-order valence-electron chi connectivity index (χ2n) is 10.2. The van der Waals surface area contributed by atoms with E-state index >= 15 is 0 Å². The summed E-state index contributed by atoms with van der Waals surface area (Å²) in [7, 11) is 3.28. The van der Waals surface area contributed by atoms with Crippen LogP contribution < -0.4 is 19.7 Å². The number of methoxy groups -OCH3 is 2. The predicted octanol–water partition coefficient (Wildman–Crippen LogP) is 7.18. The Hall–Kier alpha value is -4.06. The van der Waals surface area contributed by atoms with Gasteiger partial charge in [0.05, 0.1) is 31.6 Å². The third-order valence-electron chi connectivity index (χ3n) is 7.77. The number of para-hydroxylation sites is 2. The maximum absolute atomic E-state index is 14.1. The first kappa shape index (κ1) is 26.5. The van der Waals surface area contributed by atoms with Gasteiger partial charge in [-0.3, -0.25) is 14.5 Å². The molecule has 39 heavy (non-hydrogen) atoms. The lowest BCUT2D eigenvalue weighted by Crippen LogP contribution is -2.38. The van der Waals surface area contributed by atoms with E-state index in [-0.39, 0.29) is 17.6 Å². The molecule has 6 nitrogen and oxygen atoms in total. The van der Waals surface area contributed by atoms with Gasteiger partial charge in [0, 0.05) is 24.1 Å². The molecule has 0 saturated carbocycles. The van der Waals surface area contributed by atoms with Crippen molar-refractivity contribution in [3.8, 4) is 11.5 Å². The molecule has 0 saturated heterocycles. The van der Waals surface area contributed by atoms with Crippen molar-refractivity contribution in [2.24, 2.45) is 0 Å². The fraction of sp³-hybridized carbons (Fsp3) is 0.333. The van der Waals surface area contributed by atoms with Gasteiger partial charge in [-0.1, -0.05) is 56.2 Å². The normalized spacial score (nSPS) is 18.5. The highest BCUT2D eigenvalue weighted by atomic mass is 16.5. The van der Waals surface area contributed by atoms with Gasteiger partial charge in [-0.2, -0.15) is 0 Å². The number of fused-ring (bicyclic) bond motifs is 1. The summed E-state index contributed by atoms with van der Waals surface area (Å²) < 4.78 is 10.7. The lowest BCUT2D eigenvalue weighted by molar-refractivity contribution is -0.119. The Morgan fingerprint density at radius 3 is 2.15 bits per heavy atom. The Balaban J connectivity index is 1.63. The summed E-state index contributed by atoms with van der Waals surface area (Å²) in [4.78, 5) is 29.9. The lowest BCUT2D eigenvalue weighted by Gasteiger charge is -2.35. The summed E-state index contributed by atoms with van der Waals surface area (Å²) in [5.74, 6) is 1.64. The van der Waals surface area contributed by atoms with Crippen molar-refractivity contribution < 1.29 is 19.1 Å². The highest BCUT2D eigenvalue weighted by molar-refractivity contribution is 6.06. The van der Waals surface area contributed by atoms with Crippen LogP contribution in [0, 0.1) is 0 Å². The topological polar surface area (TPSA) is 67.9 Å². The number of ether oxygens (including phenoxy) is 2. The molecule has 1 N–H and O–H groups in total. The zero-order valence-electron chi connectivity index (χ0n) is 22.9. The van der Waals surface area contributed by atoms with Gasteiger partial charge < -0.3 is 14.8 Å². The number of nitrogens with zero attached hydrogens (tertiary/aromatic N) is 1. The van der Waals surface area contributed by atoms with Gasteiger partial charge in [-0.05, 0) is 66.3 Å². The average Bonchev–Trinajstić information content (AvgIpc) is 3.12. The van der Waals surface area contributed by atoms with Gasteiger partial charge in [0.25, 0.3) is 0 Å². The first-order chi connectivity index (χ1) is 19.0. The maximum Gasteiger partial charge on any atom is 0.227 e. The highest BCUT2D eigenvalue weighted by Crippen LogP contribution is 2.47. The van der Waals surface area contributed by atoms with E-state index < -0.39 is 6.04 Å². The first-order valence-corrected chi connectivity index (χ1v) is 13.8. The van der Waals surface area contributed by atoms with Crippen molar-refractivity contribution >= 4 is 23.1 Å². The number of hydrogen-bond acceptors (Lipinski definition) is 5. The molecule has 2 aliphatic rings. The monoisotopic (exact) mass is 524 g/mol. The van der Waals surface area contributed by atoms with Gasteiger partial charge in [0.2, 0.25) is 5.91 Å². The molecule has 0 bridgehead atoms. The summed E-state index contributed by atoms with van der Waals surface area (Å²) in [6.07, 6.45) is 4.33.